The van der Waals surface area contributed by atoms with Crippen LogP contribution in [0.5, 0.6) is 0 Å². The second-order valence-corrected chi connectivity index (χ2v) is 6.25. The summed E-state index contributed by atoms with van der Waals surface area (Å²) in [7, 11) is -3.56. The molecule has 2 aromatic carbocycles. The molecular weight excluding hydrogens is 292 g/mol. The number of H-pyrrole nitrogens is 1. The van der Waals surface area contributed by atoms with Crippen LogP contribution in [0.3, 0.4) is 0 Å². The van der Waals surface area contributed by atoms with E-state index in [0.717, 1.165) is 0 Å². The smallest absolute Gasteiger partial charge is 0.408 e. The molecule has 21 heavy (non-hydrogen) atoms. The van der Waals surface area contributed by atoms with Gasteiger partial charge < -0.3 is 4.42 Å². The standard InChI is InChI=1S/C14H12N2O4S/c17-14-16-12-7-6-10(8-13(12)20-14)9-15-21(18,19)11-4-2-1-3-5-11/h1-8,15H,9H2,(H,16,17). The lowest BCUT2D eigenvalue weighted by Crippen LogP contribution is -2.23. The third-order valence-electron chi connectivity index (χ3n) is 3.01. The van der Waals surface area contributed by atoms with Crippen LogP contribution in [0.2, 0.25) is 0 Å². The first kappa shape index (κ1) is 13.6. The molecule has 6 nitrogen and oxygen atoms in total. The monoisotopic (exact) mass is 304 g/mol. The second-order valence-electron chi connectivity index (χ2n) is 4.48. The van der Waals surface area contributed by atoms with Crippen molar-refractivity contribution in [3.8, 4) is 0 Å². The first-order valence-electron chi connectivity index (χ1n) is 6.21. The summed E-state index contributed by atoms with van der Waals surface area (Å²) in [5.74, 6) is -0.535. The van der Waals surface area contributed by atoms with Gasteiger partial charge >= 0.3 is 5.76 Å². The maximum absolute atomic E-state index is 12.1. The lowest BCUT2D eigenvalue weighted by atomic mass is 10.2. The van der Waals surface area contributed by atoms with E-state index in [-0.39, 0.29) is 11.4 Å². The van der Waals surface area contributed by atoms with Crippen LogP contribution in [-0.2, 0) is 16.6 Å². The van der Waals surface area contributed by atoms with Crippen molar-refractivity contribution in [1.29, 1.82) is 0 Å². The molecule has 0 saturated heterocycles. The Morgan fingerprint density at radius 1 is 1.10 bits per heavy atom. The number of rotatable bonds is 4. The zero-order chi connectivity index (χ0) is 14.9. The molecule has 0 aliphatic heterocycles. The van der Waals surface area contributed by atoms with Crippen LogP contribution in [0.1, 0.15) is 5.56 Å². The number of oxazole rings is 1. The third kappa shape index (κ3) is 2.88. The summed E-state index contributed by atoms with van der Waals surface area (Å²) >= 11 is 0. The van der Waals surface area contributed by atoms with Gasteiger partial charge in [-0.1, -0.05) is 24.3 Å². The Hall–Kier alpha value is -2.38. The van der Waals surface area contributed by atoms with E-state index in [1.165, 1.54) is 12.1 Å². The van der Waals surface area contributed by atoms with E-state index >= 15 is 0 Å². The van der Waals surface area contributed by atoms with Gasteiger partial charge in [-0.15, -0.1) is 0 Å². The van der Waals surface area contributed by atoms with Crippen LogP contribution in [0.25, 0.3) is 11.1 Å². The highest BCUT2D eigenvalue weighted by atomic mass is 32.2. The van der Waals surface area contributed by atoms with Gasteiger partial charge in [-0.25, -0.2) is 17.9 Å². The van der Waals surface area contributed by atoms with Gasteiger partial charge in [0.1, 0.15) is 0 Å². The maximum atomic E-state index is 12.1. The molecule has 0 bridgehead atoms. The van der Waals surface area contributed by atoms with Crippen molar-refractivity contribution >= 4 is 21.1 Å². The van der Waals surface area contributed by atoms with Crippen LogP contribution in [0.15, 0.2) is 62.6 Å². The Labute approximate surface area is 120 Å². The highest BCUT2D eigenvalue weighted by Gasteiger charge is 2.13. The average molecular weight is 304 g/mol. The molecule has 1 heterocycles. The summed E-state index contributed by atoms with van der Waals surface area (Å²) in [6, 6.07) is 13.1. The first-order valence-corrected chi connectivity index (χ1v) is 7.69. The summed E-state index contributed by atoms with van der Waals surface area (Å²) in [6.45, 7) is 0.113. The van der Waals surface area contributed by atoms with E-state index in [9.17, 15) is 13.2 Å². The number of aromatic nitrogens is 1. The van der Waals surface area contributed by atoms with Crippen LogP contribution >= 0.6 is 0 Å². The minimum absolute atomic E-state index is 0.113. The number of aromatic amines is 1. The van der Waals surface area contributed by atoms with E-state index < -0.39 is 15.8 Å². The molecule has 0 spiro atoms. The predicted molar refractivity (Wildman–Crippen MR) is 77.3 cm³/mol. The topological polar surface area (TPSA) is 92.2 Å². The second kappa shape index (κ2) is 5.19. The number of sulfonamides is 1. The average Bonchev–Trinajstić information content (AvgIpc) is 2.85. The highest BCUT2D eigenvalue weighted by Crippen LogP contribution is 2.13. The Balaban J connectivity index is 1.81. The molecule has 3 aromatic rings. The first-order chi connectivity index (χ1) is 10.0. The molecule has 0 aliphatic carbocycles. The SMILES string of the molecule is O=c1[nH]c2ccc(CNS(=O)(=O)c3ccccc3)cc2o1. The lowest BCUT2D eigenvalue weighted by Gasteiger charge is -2.06. The van der Waals surface area contributed by atoms with E-state index in [1.807, 2.05) is 0 Å². The quantitative estimate of drug-likeness (QED) is 0.765. The molecule has 3 rings (SSSR count). The fraction of sp³-hybridized carbons (Fsp3) is 0.0714. The normalized spacial score (nSPS) is 11.8. The molecule has 0 amide bonds. The molecule has 2 N–H and O–H groups in total. The van der Waals surface area contributed by atoms with Crippen molar-refractivity contribution in [3.63, 3.8) is 0 Å². The van der Waals surface area contributed by atoms with Gasteiger partial charge in [0.05, 0.1) is 10.4 Å². The van der Waals surface area contributed by atoms with Gasteiger partial charge in [0.2, 0.25) is 10.0 Å². The molecule has 0 unspecified atom stereocenters. The molecule has 0 saturated carbocycles. The Morgan fingerprint density at radius 3 is 2.62 bits per heavy atom. The maximum Gasteiger partial charge on any atom is 0.417 e. The molecule has 0 radical (unpaired) electrons. The summed E-state index contributed by atoms with van der Waals surface area (Å²) in [5.41, 5.74) is 1.68. The van der Waals surface area contributed by atoms with Crippen LogP contribution in [0.4, 0.5) is 0 Å². The van der Waals surface area contributed by atoms with E-state index in [0.29, 0.717) is 16.7 Å². The molecule has 108 valence electrons. The Kier molecular flexibility index (Phi) is 3.36. The highest BCUT2D eigenvalue weighted by molar-refractivity contribution is 7.89. The van der Waals surface area contributed by atoms with Crippen LogP contribution < -0.4 is 10.5 Å². The van der Waals surface area contributed by atoms with Gasteiger partial charge in [0.25, 0.3) is 0 Å². The number of nitrogens with one attached hydrogen (secondary N) is 2. The fourth-order valence-corrected chi connectivity index (χ4v) is 3.00. The van der Waals surface area contributed by atoms with Crippen molar-refractivity contribution in [2.75, 3.05) is 0 Å². The number of hydrogen-bond acceptors (Lipinski definition) is 4. The minimum atomic E-state index is -3.56. The molecule has 1 aromatic heterocycles. The van der Waals surface area contributed by atoms with E-state index in [4.69, 9.17) is 4.42 Å². The fourth-order valence-electron chi connectivity index (χ4n) is 1.96. The molecule has 0 aliphatic rings. The summed E-state index contributed by atoms with van der Waals surface area (Å²) in [6.07, 6.45) is 0. The van der Waals surface area contributed by atoms with E-state index in [2.05, 4.69) is 9.71 Å². The Bertz CT molecular complexity index is 926. The van der Waals surface area contributed by atoms with Crippen molar-refractivity contribution in [2.45, 2.75) is 11.4 Å². The summed E-state index contributed by atoms with van der Waals surface area (Å²) in [5, 5.41) is 0. The van der Waals surface area contributed by atoms with Gasteiger partial charge in [-0.2, -0.15) is 0 Å². The largest absolute Gasteiger partial charge is 0.417 e. The molecule has 0 atom stereocenters. The lowest BCUT2D eigenvalue weighted by molar-refractivity contribution is 0.554. The van der Waals surface area contributed by atoms with Gasteiger partial charge in [-0.05, 0) is 29.8 Å². The third-order valence-corrected chi connectivity index (χ3v) is 4.42. The van der Waals surface area contributed by atoms with Crippen molar-refractivity contribution in [3.05, 3.63) is 64.6 Å². The van der Waals surface area contributed by atoms with Gasteiger partial charge in [-0.3, -0.25) is 4.98 Å². The summed E-state index contributed by atoms with van der Waals surface area (Å²) < 4.78 is 31.6. The van der Waals surface area contributed by atoms with Gasteiger partial charge in [0.15, 0.2) is 5.58 Å². The summed E-state index contributed by atoms with van der Waals surface area (Å²) in [4.78, 5) is 13.8. The molecule has 7 heteroatoms. The zero-order valence-electron chi connectivity index (χ0n) is 10.9. The van der Waals surface area contributed by atoms with Crippen LogP contribution in [-0.4, -0.2) is 13.4 Å². The Morgan fingerprint density at radius 2 is 1.86 bits per heavy atom. The molecule has 0 fully saturated rings. The number of benzene rings is 2. The van der Waals surface area contributed by atoms with Gasteiger partial charge in [0, 0.05) is 6.54 Å². The van der Waals surface area contributed by atoms with E-state index in [1.54, 1.807) is 36.4 Å². The van der Waals surface area contributed by atoms with Crippen LogP contribution in [0, 0.1) is 0 Å². The van der Waals surface area contributed by atoms with Crippen molar-refractivity contribution in [1.82, 2.24) is 9.71 Å². The number of hydrogen-bond donors (Lipinski definition) is 2. The van der Waals surface area contributed by atoms with Crippen molar-refractivity contribution in [2.24, 2.45) is 0 Å². The molecular formula is C14H12N2O4S. The van der Waals surface area contributed by atoms with Crippen molar-refractivity contribution < 1.29 is 12.8 Å². The number of fused-ring (bicyclic) bond motifs is 1. The zero-order valence-corrected chi connectivity index (χ0v) is 11.7. The predicted octanol–water partition coefficient (Wildman–Crippen LogP) is 1.60. The minimum Gasteiger partial charge on any atom is -0.408 e.